The molecular weight excluding hydrogens is 192 g/mol. The molecule has 0 aliphatic carbocycles. The van der Waals surface area contributed by atoms with E-state index in [1.807, 2.05) is 24.3 Å². The minimum Gasteiger partial charge on any atom is -0.497 e. The molecule has 4 nitrogen and oxygen atoms in total. The molecule has 1 aromatic carbocycles. The number of methoxy groups -OCH3 is 1. The summed E-state index contributed by atoms with van der Waals surface area (Å²) in [4.78, 5) is 3.16. The molecule has 1 atom stereocenters. The summed E-state index contributed by atoms with van der Waals surface area (Å²) in [6.07, 6.45) is 0. The molecule has 0 fully saturated rings. The summed E-state index contributed by atoms with van der Waals surface area (Å²) in [6.45, 7) is -0.0655. The third-order valence-corrected chi connectivity index (χ3v) is 2.45. The van der Waals surface area contributed by atoms with Gasteiger partial charge in [-0.3, -0.25) is 0 Å². The molecular formula is C11H14N2O2. The number of aliphatic hydroxyl groups excluding tert-OH is 1. The van der Waals surface area contributed by atoms with Crippen LogP contribution in [0, 0.1) is 0 Å². The van der Waals surface area contributed by atoms with E-state index in [0.717, 1.165) is 22.3 Å². The number of H-pyrrole nitrogens is 1. The van der Waals surface area contributed by atoms with Gasteiger partial charge in [0.2, 0.25) is 0 Å². The Hall–Kier alpha value is -1.52. The Labute approximate surface area is 87.7 Å². The Morgan fingerprint density at radius 3 is 2.93 bits per heavy atom. The summed E-state index contributed by atoms with van der Waals surface area (Å²) in [5.41, 5.74) is 7.52. The Morgan fingerprint density at radius 2 is 2.27 bits per heavy atom. The van der Waals surface area contributed by atoms with Crippen LogP contribution in [0.4, 0.5) is 0 Å². The maximum absolute atomic E-state index is 8.94. The quantitative estimate of drug-likeness (QED) is 0.706. The number of hydrogen-bond donors (Lipinski definition) is 3. The van der Waals surface area contributed by atoms with Gasteiger partial charge in [0.05, 0.1) is 19.8 Å². The van der Waals surface area contributed by atoms with E-state index in [1.165, 1.54) is 0 Å². The van der Waals surface area contributed by atoms with E-state index in [-0.39, 0.29) is 12.6 Å². The van der Waals surface area contributed by atoms with E-state index in [1.54, 1.807) is 7.11 Å². The van der Waals surface area contributed by atoms with Crippen LogP contribution in [-0.2, 0) is 0 Å². The number of rotatable bonds is 3. The number of ether oxygens (including phenoxy) is 1. The first-order chi connectivity index (χ1) is 7.24. The molecule has 1 aromatic heterocycles. The molecule has 80 valence electrons. The number of aliphatic hydroxyl groups is 1. The van der Waals surface area contributed by atoms with Crippen LogP contribution in [-0.4, -0.2) is 23.8 Å². The van der Waals surface area contributed by atoms with Gasteiger partial charge < -0.3 is 20.6 Å². The molecule has 0 spiro atoms. The Morgan fingerprint density at radius 1 is 1.47 bits per heavy atom. The first kappa shape index (κ1) is 10.0. The summed E-state index contributed by atoms with van der Waals surface area (Å²) < 4.78 is 5.12. The second-order valence-electron chi connectivity index (χ2n) is 3.47. The van der Waals surface area contributed by atoms with Crippen LogP contribution >= 0.6 is 0 Å². The summed E-state index contributed by atoms with van der Waals surface area (Å²) >= 11 is 0. The Kier molecular flexibility index (Phi) is 2.62. The van der Waals surface area contributed by atoms with Crippen molar-refractivity contribution < 1.29 is 9.84 Å². The van der Waals surface area contributed by atoms with E-state index in [4.69, 9.17) is 15.6 Å². The van der Waals surface area contributed by atoms with Crippen LogP contribution in [0.3, 0.4) is 0 Å². The van der Waals surface area contributed by atoms with Crippen molar-refractivity contribution in [1.82, 2.24) is 4.98 Å². The molecule has 15 heavy (non-hydrogen) atoms. The standard InChI is InChI=1S/C11H14N2O2/c1-15-8-3-2-7-4-11(9(12)6-14)13-10(7)5-8/h2-5,9,13-14H,6,12H2,1H3. The molecule has 0 amide bonds. The van der Waals surface area contributed by atoms with Crippen molar-refractivity contribution in [2.75, 3.05) is 13.7 Å². The van der Waals surface area contributed by atoms with E-state index in [9.17, 15) is 0 Å². The van der Waals surface area contributed by atoms with Gasteiger partial charge in [-0.25, -0.2) is 0 Å². The minimum atomic E-state index is -0.358. The molecule has 4 heteroatoms. The van der Waals surface area contributed by atoms with Crippen molar-refractivity contribution in [2.24, 2.45) is 5.73 Å². The minimum absolute atomic E-state index is 0.0655. The van der Waals surface area contributed by atoms with Gasteiger partial charge >= 0.3 is 0 Å². The molecule has 4 N–H and O–H groups in total. The highest BCUT2D eigenvalue weighted by molar-refractivity contribution is 5.82. The molecule has 0 radical (unpaired) electrons. The van der Waals surface area contributed by atoms with Crippen LogP contribution in [0.5, 0.6) is 5.75 Å². The zero-order valence-corrected chi connectivity index (χ0v) is 8.53. The first-order valence-electron chi connectivity index (χ1n) is 4.77. The second kappa shape index (κ2) is 3.92. The lowest BCUT2D eigenvalue weighted by atomic mass is 10.2. The predicted octanol–water partition coefficient (Wildman–Crippen LogP) is 1.17. The van der Waals surface area contributed by atoms with Crippen LogP contribution in [0.1, 0.15) is 11.7 Å². The highest BCUT2D eigenvalue weighted by Crippen LogP contribution is 2.23. The van der Waals surface area contributed by atoms with Gasteiger partial charge in [-0.1, -0.05) is 0 Å². The molecule has 2 aromatic rings. The van der Waals surface area contributed by atoms with Crippen molar-refractivity contribution in [3.05, 3.63) is 30.0 Å². The van der Waals surface area contributed by atoms with Crippen molar-refractivity contribution in [2.45, 2.75) is 6.04 Å². The third kappa shape index (κ3) is 1.82. The fraction of sp³-hybridized carbons (Fsp3) is 0.273. The molecule has 0 aliphatic heterocycles. The van der Waals surface area contributed by atoms with E-state index in [0.29, 0.717) is 0 Å². The van der Waals surface area contributed by atoms with Gasteiger partial charge in [0, 0.05) is 17.3 Å². The third-order valence-electron chi connectivity index (χ3n) is 2.45. The van der Waals surface area contributed by atoms with E-state index >= 15 is 0 Å². The molecule has 0 aliphatic rings. The highest BCUT2D eigenvalue weighted by atomic mass is 16.5. The Bertz CT molecular complexity index is 465. The van der Waals surface area contributed by atoms with Gasteiger partial charge in [-0.15, -0.1) is 0 Å². The fourth-order valence-electron chi connectivity index (χ4n) is 1.55. The fourth-order valence-corrected chi connectivity index (χ4v) is 1.55. The van der Waals surface area contributed by atoms with E-state index in [2.05, 4.69) is 4.98 Å². The second-order valence-corrected chi connectivity index (χ2v) is 3.47. The lowest BCUT2D eigenvalue weighted by Crippen LogP contribution is -2.14. The average Bonchev–Trinajstić information content (AvgIpc) is 2.70. The van der Waals surface area contributed by atoms with Gasteiger partial charge in [-0.05, 0) is 23.6 Å². The molecule has 2 rings (SSSR count). The molecule has 0 bridgehead atoms. The largest absolute Gasteiger partial charge is 0.497 e. The van der Waals surface area contributed by atoms with Crippen molar-refractivity contribution in [3.8, 4) is 5.75 Å². The normalized spacial score (nSPS) is 13.0. The first-order valence-corrected chi connectivity index (χ1v) is 4.77. The van der Waals surface area contributed by atoms with Crippen LogP contribution in [0.15, 0.2) is 24.3 Å². The van der Waals surface area contributed by atoms with Crippen molar-refractivity contribution in [3.63, 3.8) is 0 Å². The topological polar surface area (TPSA) is 71.3 Å². The maximum Gasteiger partial charge on any atom is 0.120 e. The number of fused-ring (bicyclic) bond motifs is 1. The van der Waals surface area contributed by atoms with E-state index < -0.39 is 0 Å². The highest BCUT2D eigenvalue weighted by Gasteiger charge is 2.08. The molecule has 1 unspecified atom stereocenters. The van der Waals surface area contributed by atoms with Crippen LogP contribution in [0.25, 0.3) is 10.9 Å². The number of aromatic nitrogens is 1. The number of aromatic amines is 1. The number of benzene rings is 1. The summed E-state index contributed by atoms with van der Waals surface area (Å²) in [7, 11) is 1.63. The predicted molar refractivity (Wildman–Crippen MR) is 58.9 cm³/mol. The monoisotopic (exact) mass is 206 g/mol. The SMILES string of the molecule is COc1ccc2cc(C(N)CO)[nH]c2c1. The lowest BCUT2D eigenvalue weighted by molar-refractivity contribution is 0.266. The van der Waals surface area contributed by atoms with Crippen LogP contribution < -0.4 is 10.5 Å². The molecule has 1 heterocycles. The smallest absolute Gasteiger partial charge is 0.120 e. The van der Waals surface area contributed by atoms with Gasteiger partial charge in [-0.2, -0.15) is 0 Å². The zero-order valence-electron chi connectivity index (χ0n) is 8.53. The van der Waals surface area contributed by atoms with Crippen molar-refractivity contribution in [1.29, 1.82) is 0 Å². The summed E-state index contributed by atoms with van der Waals surface area (Å²) in [5, 5.41) is 10.0. The molecule has 0 saturated heterocycles. The lowest BCUT2D eigenvalue weighted by Gasteiger charge is -2.03. The van der Waals surface area contributed by atoms with Gasteiger partial charge in [0.1, 0.15) is 5.75 Å². The zero-order chi connectivity index (χ0) is 10.8. The van der Waals surface area contributed by atoms with Crippen LogP contribution in [0.2, 0.25) is 0 Å². The average molecular weight is 206 g/mol. The number of nitrogens with one attached hydrogen (secondary N) is 1. The maximum atomic E-state index is 8.94. The summed E-state index contributed by atoms with van der Waals surface area (Å²) in [5.74, 6) is 0.800. The number of nitrogens with two attached hydrogens (primary N) is 1. The Balaban J connectivity index is 2.46. The molecule has 0 saturated carbocycles. The van der Waals surface area contributed by atoms with Gasteiger partial charge in [0.25, 0.3) is 0 Å². The van der Waals surface area contributed by atoms with Gasteiger partial charge in [0.15, 0.2) is 0 Å². The summed E-state index contributed by atoms with van der Waals surface area (Å²) in [6, 6.07) is 7.34. The van der Waals surface area contributed by atoms with Crippen molar-refractivity contribution >= 4 is 10.9 Å². The number of hydrogen-bond acceptors (Lipinski definition) is 3.